The van der Waals surface area contributed by atoms with E-state index >= 15 is 0 Å². The first-order valence-electron chi connectivity index (χ1n) is 11.2. The molecule has 4 bridgehead atoms. The second-order valence-electron chi connectivity index (χ2n) is 9.69. The Hall–Kier alpha value is -1.91. The van der Waals surface area contributed by atoms with Crippen LogP contribution >= 0.6 is 0 Å². The maximum atomic E-state index is 12.8. The van der Waals surface area contributed by atoms with Gasteiger partial charge in [0.1, 0.15) is 0 Å². The smallest absolute Gasteiger partial charge is 0.227 e. The lowest BCUT2D eigenvalue weighted by atomic mass is 9.64. The Morgan fingerprint density at radius 3 is 1.50 bits per heavy atom. The fourth-order valence-corrected chi connectivity index (χ4v) is 6.44. The van der Waals surface area contributed by atoms with Crippen LogP contribution in [0.4, 0.5) is 11.4 Å². The molecule has 0 saturated heterocycles. The molecule has 2 atom stereocenters. The molecule has 1 heterocycles. The predicted molar refractivity (Wildman–Crippen MR) is 109 cm³/mol. The quantitative estimate of drug-likeness (QED) is 0.800. The van der Waals surface area contributed by atoms with Gasteiger partial charge in [0, 0.05) is 11.8 Å². The number of anilines is 2. The average Bonchev–Trinajstić information content (AvgIpc) is 2.75. The molecule has 1 aromatic heterocycles. The van der Waals surface area contributed by atoms with Gasteiger partial charge in [-0.15, -0.1) is 0 Å². The van der Waals surface area contributed by atoms with Crippen molar-refractivity contribution in [2.24, 2.45) is 35.5 Å². The second kappa shape index (κ2) is 7.49. The fourth-order valence-electron chi connectivity index (χ4n) is 6.44. The van der Waals surface area contributed by atoms with Crippen LogP contribution < -0.4 is 10.6 Å². The number of rotatable bonds is 4. The maximum Gasteiger partial charge on any atom is 0.227 e. The molecule has 5 heteroatoms. The maximum absolute atomic E-state index is 12.8. The Labute approximate surface area is 167 Å². The Kier molecular flexibility index (Phi) is 4.85. The molecule has 0 spiro atoms. The topological polar surface area (TPSA) is 71.1 Å². The number of pyridine rings is 1. The van der Waals surface area contributed by atoms with Crippen LogP contribution in [0.5, 0.6) is 0 Å². The van der Waals surface area contributed by atoms with Gasteiger partial charge in [-0.2, -0.15) is 0 Å². The molecule has 6 aliphatic rings. The van der Waals surface area contributed by atoms with E-state index in [4.69, 9.17) is 0 Å². The molecule has 28 heavy (non-hydrogen) atoms. The van der Waals surface area contributed by atoms with E-state index in [2.05, 4.69) is 15.6 Å². The number of nitrogens with zero attached hydrogens (tertiary/aromatic N) is 1. The van der Waals surface area contributed by atoms with Crippen LogP contribution in [-0.4, -0.2) is 16.8 Å². The third kappa shape index (κ3) is 3.56. The minimum absolute atomic E-state index is 0.129. The highest BCUT2D eigenvalue weighted by molar-refractivity contribution is 5.95. The zero-order valence-corrected chi connectivity index (χ0v) is 16.5. The molecule has 7 rings (SSSR count). The highest BCUT2D eigenvalue weighted by atomic mass is 16.2. The van der Waals surface area contributed by atoms with Crippen molar-refractivity contribution in [3.63, 3.8) is 0 Å². The normalized spacial score (nSPS) is 36.1. The summed E-state index contributed by atoms with van der Waals surface area (Å²) >= 11 is 0. The summed E-state index contributed by atoms with van der Waals surface area (Å²) in [5.41, 5.74) is 1.38. The Balaban J connectivity index is 1.21. The van der Waals surface area contributed by atoms with Crippen molar-refractivity contribution < 1.29 is 9.59 Å². The Morgan fingerprint density at radius 1 is 0.714 bits per heavy atom. The lowest BCUT2D eigenvalue weighted by molar-refractivity contribution is -0.125. The van der Waals surface area contributed by atoms with Crippen molar-refractivity contribution in [2.45, 2.75) is 64.2 Å². The second-order valence-corrected chi connectivity index (χ2v) is 9.69. The van der Waals surface area contributed by atoms with Crippen LogP contribution in [0.3, 0.4) is 0 Å². The van der Waals surface area contributed by atoms with Crippen molar-refractivity contribution in [3.05, 3.63) is 18.5 Å². The Morgan fingerprint density at radius 2 is 1.14 bits per heavy atom. The van der Waals surface area contributed by atoms with E-state index in [9.17, 15) is 9.59 Å². The number of aromatic nitrogens is 1. The summed E-state index contributed by atoms with van der Waals surface area (Å²) in [5, 5.41) is 6.13. The van der Waals surface area contributed by atoms with Gasteiger partial charge in [0.2, 0.25) is 11.8 Å². The molecule has 6 saturated carbocycles. The lowest BCUT2D eigenvalue weighted by Crippen LogP contribution is -2.39. The first-order chi connectivity index (χ1) is 13.7. The molecule has 5 nitrogen and oxygen atoms in total. The molecular weight excluding hydrogens is 350 g/mol. The van der Waals surface area contributed by atoms with Crippen LogP contribution in [0.25, 0.3) is 0 Å². The fraction of sp³-hybridized carbons (Fsp3) is 0.696. The van der Waals surface area contributed by atoms with Crippen LogP contribution in [-0.2, 0) is 9.59 Å². The Bertz CT molecular complexity index is 689. The molecule has 2 amide bonds. The number of hydrogen-bond donors (Lipinski definition) is 2. The number of fused-ring (bicyclic) bond motifs is 6. The summed E-state index contributed by atoms with van der Waals surface area (Å²) in [6.45, 7) is 0. The largest absolute Gasteiger partial charge is 0.324 e. The first kappa shape index (κ1) is 18.1. The van der Waals surface area contributed by atoms with Gasteiger partial charge in [0.05, 0.1) is 23.8 Å². The third-order valence-corrected chi connectivity index (χ3v) is 8.04. The van der Waals surface area contributed by atoms with Gasteiger partial charge in [-0.3, -0.25) is 14.6 Å². The highest BCUT2D eigenvalue weighted by Gasteiger charge is 2.40. The minimum Gasteiger partial charge on any atom is -0.324 e. The van der Waals surface area contributed by atoms with Crippen molar-refractivity contribution in [3.8, 4) is 0 Å². The molecule has 1 aromatic rings. The summed E-state index contributed by atoms with van der Waals surface area (Å²) in [7, 11) is 0. The van der Waals surface area contributed by atoms with Gasteiger partial charge in [-0.25, -0.2) is 0 Å². The van der Waals surface area contributed by atoms with E-state index in [1.54, 1.807) is 12.4 Å². The van der Waals surface area contributed by atoms with E-state index in [0.717, 1.165) is 24.7 Å². The average molecular weight is 382 g/mol. The standard InChI is InChI=1S/C23H31N3O2/c27-22(20-9-14-1-5-16(20)6-2-14)25-18-11-19(13-24-12-18)26-23(28)21-10-15-3-7-17(21)8-4-15/h11-17,20-21H,1-10H2,(H,25,27)(H,26,28). The zero-order chi connectivity index (χ0) is 19.1. The van der Waals surface area contributed by atoms with E-state index in [0.29, 0.717) is 23.2 Å². The number of carbonyl (C=O) groups is 2. The van der Waals surface area contributed by atoms with Crippen LogP contribution in [0.1, 0.15) is 64.2 Å². The van der Waals surface area contributed by atoms with Gasteiger partial charge in [-0.1, -0.05) is 25.7 Å². The van der Waals surface area contributed by atoms with Gasteiger partial charge in [0.15, 0.2) is 0 Å². The monoisotopic (exact) mass is 381 g/mol. The molecule has 150 valence electrons. The van der Waals surface area contributed by atoms with E-state index < -0.39 is 0 Å². The summed E-state index contributed by atoms with van der Waals surface area (Å²) in [5.74, 6) is 3.09. The van der Waals surface area contributed by atoms with E-state index in [-0.39, 0.29) is 23.7 Å². The van der Waals surface area contributed by atoms with Crippen molar-refractivity contribution in [1.29, 1.82) is 0 Å². The van der Waals surface area contributed by atoms with E-state index in [1.807, 2.05) is 6.07 Å². The summed E-state index contributed by atoms with van der Waals surface area (Å²) < 4.78 is 0. The number of hydrogen-bond acceptors (Lipinski definition) is 3. The summed E-state index contributed by atoms with van der Waals surface area (Å²) in [6.07, 6.45) is 15.4. The number of amides is 2. The molecular formula is C23H31N3O2. The molecule has 0 aliphatic heterocycles. The van der Waals surface area contributed by atoms with Crippen molar-refractivity contribution in [2.75, 3.05) is 10.6 Å². The molecule has 0 radical (unpaired) electrons. The first-order valence-corrected chi connectivity index (χ1v) is 11.2. The van der Waals surface area contributed by atoms with Crippen LogP contribution in [0.2, 0.25) is 0 Å². The van der Waals surface area contributed by atoms with Gasteiger partial charge < -0.3 is 10.6 Å². The van der Waals surface area contributed by atoms with E-state index in [1.165, 1.54) is 51.4 Å². The third-order valence-electron chi connectivity index (χ3n) is 8.04. The zero-order valence-electron chi connectivity index (χ0n) is 16.5. The minimum atomic E-state index is 0.129. The molecule has 6 fully saturated rings. The molecule has 6 aliphatic carbocycles. The van der Waals surface area contributed by atoms with Crippen molar-refractivity contribution >= 4 is 23.2 Å². The van der Waals surface area contributed by atoms with Gasteiger partial charge in [0.25, 0.3) is 0 Å². The predicted octanol–water partition coefficient (Wildman–Crippen LogP) is 4.61. The highest BCUT2D eigenvalue weighted by Crippen LogP contribution is 2.46. The van der Waals surface area contributed by atoms with Gasteiger partial charge in [-0.05, 0) is 68.3 Å². The SMILES string of the molecule is O=C(Nc1cncc(NC(=O)C2CC3CCC2CC3)c1)C1CC2CCC1CC2. The summed E-state index contributed by atoms with van der Waals surface area (Å²) in [4.78, 5) is 29.8. The summed E-state index contributed by atoms with van der Waals surface area (Å²) in [6, 6.07) is 1.85. The van der Waals surface area contributed by atoms with Crippen LogP contribution in [0.15, 0.2) is 18.5 Å². The number of nitrogens with one attached hydrogen (secondary N) is 2. The number of carbonyl (C=O) groups excluding carboxylic acids is 2. The molecule has 2 N–H and O–H groups in total. The van der Waals surface area contributed by atoms with Crippen LogP contribution in [0, 0.1) is 35.5 Å². The molecule has 0 aromatic carbocycles. The van der Waals surface area contributed by atoms with Crippen molar-refractivity contribution in [1.82, 2.24) is 4.98 Å². The molecule has 2 unspecified atom stereocenters. The van der Waals surface area contributed by atoms with Gasteiger partial charge >= 0.3 is 0 Å². The lowest BCUT2D eigenvalue weighted by Gasteiger charge is -2.41.